The lowest BCUT2D eigenvalue weighted by Crippen LogP contribution is -2.51. The molecule has 0 spiro atoms. The highest BCUT2D eigenvalue weighted by Gasteiger charge is 2.25. The number of thiophene rings is 1. The number of benzene rings is 3. The number of amides is 3. The highest BCUT2D eigenvalue weighted by molar-refractivity contribution is 7.17. The second-order valence-corrected chi connectivity index (χ2v) is 9.89. The molecule has 0 aliphatic heterocycles. The summed E-state index contributed by atoms with van der Waals surface area (Å²) in [7, 11) is 0. The summed E-state index contributed by atoms with van der Waals surface area (Å²) in [5, 5.41) is 30.2. The minimum absolute atomic E-state index is 0.140. The minimum Gasteiger partial charge on any atom is -0.391 e. The van der Waals surface area contributed by atoms with Gasteiger partial charge in [-0.25, -0.2) is 5.48 Å². The van der Waals surface area contributed by atoms with E-state index in [2.05, 4.69) is 45.3 Å². The molecule has 0 unspecified atom stereocenters. The van der Waals surface area contributed by atoms with E-state index in [-0.39, 0.29) is 18.0 Å². The number of rotatable bonds is 9. The second-order valence-electron chi connectivity index (χ2n) is 8.98. The molecule has 0 bridgehead atoms. The molecular weight excluding hydrogens is 528 g/mol. The third kappa shape index (κ3) is 7.53. The molecule has 0 saturated carbocycles. The lowest BCUT2D eigenvalue weighted by Gasteiger charge is -2.19. The number of carbonyl (C=O) groups excluding carboxylic acids is 3. The van der Waals surface area contributed by atoms with Crippen molar-refractivity contribution in [2.75, 3.05) is 11.9 Å². The summed E-state index contributed by atoms with van der Waals surface area (Å²) in [5.74, 6) is 4.41. The summed E-state index contributed by atoms with van der Waals surface area (Å²) in [6.45, 7) is 2.13. The standard InChI is InChI=1S/C30H28N4O5S/c1-19(35)28(30(38)34-39)33-29(37)22-12-8-20(9-13-22)6-7-21-10-14-24(15-11-21)32-27(36)17-31-16-23-18-40-26-5-3-2-4-25(23)26/h2-5,8-15,18-19,28,31,35,39H,16-17H2,1H3,(H,32,36)(H,33,37)(H,34,38)/t19-,28+/m1/s1. The highest BCUT2D eigenvalue weighted by Crippen LogP contribution is 2.25. The molecule has 0 aliphatic carbocycles. The van der Waals surface area contributed by atoms with Crippen LogP contribution in [0.25, 0.3) is 10.1 Å². The van der Waals surface area contributed by atoms with Crippen LogP contribution in [0.15, 0.2) is 78.2 Å². The molecule has 204 valence electrons. The number of aliphatic hydroxyl groups excluding tert-OH is 1. The van der Waals surface area contributed by atoms with Crippen molar-refractivity contribution in [3.05, 3.63) is 100 Å². The molecule has 0 saturated heterocycles. The third-order valence-electron chi connectivity index (χ3n) is 5.99. The van der Waals surface area contributed by atoms with E-state index in [0.29, 0.717) is 17.8 Å². The van der Waals surface area contributed by atoms with E-state index in [0.717, 1.165) is 5.56 Å². The summed E-state index contributed by atoms with van der Waals surface area (Å²) in [6, 6.07) is 20.5. The topological polar surface area (TPSA) is 140 Å². The van der Waals surface area contributed by atoms with Gasteiger partial charge in [-0.1, -0.05) is 30.0 Å². The fourth-order valence-corrected chi connectivity index (χ4v) is 4.83. The van der Waals surface area contributed by atoms with Crippen molar-refractivity contribution < 1.29 is 24.7 Å². The first kappa shape index (κ1) is 28.5. The van der Waals surface area contributed by atoms with Gasteiger partial charge in [0.2, 0.25) is 5.91 Å². The Bertz CT molecular complexity index is 1550. The molecule has 0 radical (unpaired) electrons. The van der Waals surface area contributed by atoms with Crippen LogP contribution < -0.4 is 21.4 Å². The first-order valence-corrected chi connectivity index (χ1v) is 13.3. The Morgan fingerprint density at radius 3 is 2.23 bits per heavy atom. The number of hydroxylamine groups is 1. The molecule has 3 amide bonds. The lowest BCUT2D eigenvalue weighted by molar-refractivity contribution is -0.133. The van der Waals surface area contributed by atoms with Crippen LogP contribution in [-0.2, 0) is 16.1 Å². The van der Waals surface area contributed by atoms with Gasteiger partial charge in [-0.2, -0.15) is 0 Å². The number of aliphatic hydroxyl groups is 1. The van der Waals surface area contributed by atoms with E-state index in [1.807, 2.05) is 12.1 Å². The average molecular weight is 557 g/mol. The Morgan fingerprint density at radius 1 is 0.925 bits per heavy atom. The molecular formula is C30H28N4O5S. The van der Waals surface area contributed by atoms with Crippen LogP contribution in [0.3, 0.4) is 0 Å². The highest BCUT2D eigenvalue weighted by atomic mass is 32.1. The van der Waals surface area contributed by atoms with Crippen molar-refractivity contribution >= 4 is 44.8 Å². The van der Waals surface area contributed by atoms with Crippen molar-refractivity contribution in [2.45, 2.75) is 25.6 Å². The molecule has 4 aromatic rings. The van der Waals surface area contributed by atoms with Gasteiger partial charge in [0.05, 0.1) is 12.6 Å². The molecule has 2 atom stereocenters. The predicted octanol–water partition coefficient (Wildman–Crippen LogP) is 3.01. The van der Waals surface area contributed by atoms with Crippen LogP contribution in [0.5, 0.6) is 0 Å². The monoisotopic (exact) mass is 556 g/mol. The number of anilines is 1. The van der Waals surface area contributed by atoms with Crippen LogP contribution in [0, 0.1) is 11.8 Å². The van der Waals surface area contributed by atoms with E-state index >= 15 is 0 Å². The maximum atomic E-state index is 12.4. The largest absolute Gasteiger partial charge is 0.391 e. The van der Waals surface area contributed by atoms with E-state index < -0.39 is 24.0 Å². The first-order chi connectivity index (χ1) is 19.3. The predicted molar refractivity (Wildman–Crippen MR) is 154 cm³/mol. The normalized spacial score (nSPS) is 12.1. The van der Waals surface area contributed by atoms with Gasteiger partial charge < -0.3 is 21.1 Å². The molecule has 6 N–H and O–H groups in total. The van der Waals surface area contributed by atoms with Crippen molar-refractivity contribution in [1.82, 2.24) is 16.1 Å². The van der Waals surface area contributed by atoms with Crippen molar-refractivity contribution in [3.8, 4) is 11.8 Å². The molecule has 10 heteroatoms. The first-order valence-electron chi connectivity index (χ1n) is 12.4. The molecule has 0 aliphatic rings. The minimum atomic E-state index is -1.30. The number of carbonyl (C=O) groups is 3. The fraction of sp³-hybridized carbons (Fsp3) is 0.167. The summed E-state index contributed by atoms with van der Waals surface area (Å²) < 4.78 is 1.23. The van der Waals surface area contributed by atoms with E-state index in [1.165, 1.54) is 28.1 Å². The van der Waals surface area contributed by atoms with Gasteiger partial charge in [-0.15, -0.1) is 11.3 Å². The smallest absolute Gasteiger partial charge is 0.268 e. The van der Waals surface area contributed by atoms with E-state index in [9.17, 15) is 19.5 Å². The van der Waals surface area contributed by atoms with Gasteiger partial charge in [0.1, 0.15) is 6.04 Å². The average Bonchev–Trinajstić information content (AvgIpc) is 3.38. The van der Waals surface area contributed by atoms with Crippen LogP contribution in [-0.4, -0.2) is 46.7 Å². The van der Waals surface area contributed by atoms with E-state index in [4.69, 9.17) is 5.21 Å². The second kappa shape index (κ2) is 13.5. The number of nitrogens with one attached hydrogen (secondary N) is 4. The molecule has 9 nitrogen and oxygen atoms in total. The van der Waals surface area contributed by atoms with Crippen molar-refractivity contribution in [1.29, 1.82) is 0 Å². The molecule has 0 fully saturated rings. The maximum absolute atomic E-state index is 12.4. The fourth-order valence-electron chi connectivity index (χ4n) is 3.87. The van der Waals surface area contributed by atoms with Gasteiger partial charge in [0.25, 0.3) is 11.8 Å². The quantitative estimate of drug-likeness (QED) is 0.106. The van der Waals surface area contributed by atoms with Crippen LogP contribution in [0.1, 0.15) is 34.0 Å². The Labute approximate surface area is 235 Å². The Morgan fingerprint density at radius 2 is 1.57 bits per heavy atom. The number of hydrogen-bond acceptors (Lipinski definition) is 7. The van der Waals surface area contributed by atoms with Gasteiger partial charge in [0.15, 0.2) is 0 Å². The molecule has 4 rings (SSSR count). The zero-order valence-electron chi connectivity index (χ0n) is 21.6. The molecule has 3 aromatic carbocycles. The van der Waals surface area contributed by atoms with E-state index in [1.54, 1.807) is 59.9 Å². The molecule has 1 heterocycles. The summed E-state index contributed by atoms with van der Waals surface area (Å²) in [6.07, 6.45) is -1.20. The third-order valence-corrected chi connectivity index (χ3v) is 7.00. The van der Waals surface area contributed by atoms with Gasteiger partial charge in [-0.05, 0) is 77.9 Å². The van der Waals surface area contributed by atoms with Crippen LogP contribution in [0.4, 0.5) is 5.69 Å². The van der Waals surface area contributed by atoms with Crippen molar-refractivity contribution in [3.63, 3.8) is 0 Å². The Hall–Kier alpha value is -4.53. The van der Waals surface area contributed by atoms with Gasteiger partial charge in [-0.3, -0.25) is 19.6 Å². The van der Waals surface area contributed by atoms with Gasteiger partial charge in [0, 0.05) is 33.6 Å². The number of fused-ring (bicyclic) bond motifs is 1. The van der Waals surface area contributed by atoms with Crippen LogP contribution in [0.2, 0.25) is 0 Å². The Kier molecular flexibility index (Phi) is 9.62. The zero-order valence-corrected chi connectivity index (χ0v) is 22.4. The number of hydrogen-bond donors (Lipinski definition) is 6. The van der Waals surface area contributed by atoms with Crippen LogP contribution >= 0.6 is 11.3 Å². The summed E-state index contributed by atoms with van der Waals surface area (Å²) in [5.41, 5.74) is 4.93. The zero-order chi connectivity index (χ0) is 28.5. The van der Waals surface area contributed by atoms with Gasteiger partial charge >= 0.3 is 0 Å². The lowest BCUT2D eigenvalue weighted by atomic mass is 10.1. The molecule has 40 heavy (non-hydrogen) atoms. The SMILES string of the molecule is C[C@@H](O)[C@H](NC(=O)c1ccc(C#Cc2ccc(NC(=O)CNCc3csc4ccccc34)cc2)cc1)C(=O)NO. The molecule has 1 aromatic heterocycles. The Balaban J connectivity index is 1.26. The maximum Gasteiger partial charge on any atom is 0.268 e. The van der Waals surface area contributed by atoms with Crippen molar-refractivity contribution in [2.24, 2.45) is 0 Å². The summed E-state index contributed by atoms with van der Waals surface area (Å²) in [4.78, 5) is 36.3. The summed E-state index contributed by atoms with van der Waals surface area (Å²) >= 11 is 1.69.